The van der Waals surface area contributed by atoms with Crippen molar-refractivity contribution in [3.63, 3.8) is 0 Å². The van der Waals surface area contributed by atoms with Crippen molar-refractivity contribution in [3.8, 4) is 0 Å². The van der Waals surface area contributed by atoms with Crippen molar-refractivity contribution in [1.82, 2.24) is 0 Å². The van der Waals surface area contributed by atoms with Gasteiger partial charge in [-0.1, -0.05) is 84.0 Å². The molecule has 0 aliphatic carbocycles. The quantitative estimate of drug-likeness (QED) is 0.0412. The molecule has 0 amide bonds. The minimum absolute atomic E-state index is 0.000367. The number of quaternary nitrogens is 1. The second kappa shape index (κ2) is 22.9. The number of carbonyl (C=O) groups is 2. The predicted molar refractivity (Wildman–Crippen MR) is 158 cm³/mol. The zero-order valence-electron chi connectivity index (χ0n) is 24.8. The zero-order chi connectivity index (χ0) is 29.6. The Balaban J connectivity index is 4.25. The lowest BCUT2D eigenvalue weighted by molar-refractivity contribution is -0.870. The predicted octanol–water partition coefficient (Wildman–Crippen LogP) is 5.02. The summed E-state index contributed by atoms with van der Waals surface area (Å²) in [6.07, 6.45) is 14.9. The summed E-state index contributed by atoms with van der Waals surface area (Å²) < 4.78 is 33.2. The minimum atomic E-state index is -4.39. The van der Waals surface area contributed by atoms with Gasteiger partial charge in [-0.2, -0.15) is 12.6 Å². The van der Waals surface area contributed by atoms with Crippen molar-refractivity contribution in [2.75, 3.05) is 53.3 Å². The van der Waals surface area contributed by atoms with E-state index in [4.69, 9.17) is 24.3 Å². The van der Waals surface area contributed by atoms with Gasteiger partial charge in [-0.05, 0) is 6.42 Å². The van der Waals surface area contributed by atoms with Gasteiger partial charge in [0, 0.05) is 12.2 Å². The minimum Gasteiger partial charge on any atom is -0.462 e. The average Bonchev–Trinajstić information content (AvgIpc) is 2.86. The summed E-state index contributed by atoms with van der Waals surface area (Å²) >= 11 is 3.97. The fraction of sp³-hybridized carbons (Fsp3) is 0.926. The SMILES string of the molecule is CCCCCCCCCCCCCCCC(=O)OCC(COP(=O)(O)OCC[N+](C)(C)C)OC(=O)[C@@H](N)CS. The van der Waals surface area contributed by atoms with E-state index in [1.54, 1.807) is 0 Å². The van der Waals surface area contributed by atoms with E-state index in [1.807, 2.05) is 21.1 Å². The van der Waals surface area contributed by atoms with Crippen LogP contribution in [0.4, 0.5) is 0 Å². The largest absolute Gasteiger partial charge is 0.472 e. The first-order chi connectivity index (χ1) is 18.4. The topological polar surface area (TPSA) is 134 Å². The van der Waals surface area contributed by atoms with E-state index < -0.39 is 38.5 Å². The monoisotopic (exact) mass is 599 g/mol. The average molecular weight is 600 g/mol. The number of carbonyl (C=O) groups excluding carboxylic acids is 2. The molecule has 0 aromatic heterocycles. The van der Waals surface area contributed by atoms with Crippen molar-refractivity contribution < 1.29 is 42.1 Å². The van der Waals surface area contributed by atoms with Crippen molar-refractivity contribution in [2.24, 2.45) is 5.73 Å². The maximum Gasteiger partial charge on any atom is 0.472 e. The van der Waals surface area contributed by atoms with Crippen LogP contribution in [0.5, 0.6) is 0 Å². The molecule has 10 nitrogen and oxygen atoms in total. The summed E-state index contributed by atoms with van der Waals surface area (Å²) in [7, 11) is 1.36. The third-order valence-electron chi connectivity index (χ3n) is 6.14. The van der Waals surface area contributed by atoms with Crippen LogP contribution in [-0.4, -0.2) is 86.7 Å². The van der Waals surface area contributed by atoms with Gasteiger partial charge in [0.25, 0.3) is 0 Å². The van der Waals surface area contributed by atoms with E-state index in [0.717, 1.165) is 12.8 Å². The maximum absolute atomic E-state index is 12.2. The van der Waals surface area contributed by atoms with Gasteiger partial charge in [0.1, 0.15) is 25.8 Å². The fourth-order valence-electron chi connectivity index (χ4n) is 3.63. The van der Waals surface area contributed by atoms with Crippen LogP contribution in [0.15, 0.2) is 0 Å². The molecule has 0 saturated carbocycles. The number of hydrogen-bond donors (Lipinski definition) is 3. The maximum atomic E-state index is 12.2. The number of esters is 2. The molecule has 0 fully saturated rings. The van der Waals surface area contributed by atoms with E-state index in [-0.39, 0.29) is 25.4 Å². The van der Waals surface area contributed by atoms with Crippen LogP contribution in [-0.2, 0) is 32.7 Å². The van der Waals surface area contributed by atoms with Crippen LogP contribution >= 0.6 is 20.5 Å². The number of nitrogens with zero attached hydrogens (tertiary/aromatic N) is 1. The summed E-state index contributed by atoms with van der Waals surface area (Å²) in [5, 5.41) is 0. The Morgan fingerprint density at radius 3 is 1.87 bits per heavy atom. The molecule has 0 aliphatic rings. The van der Waals surface area contributed by atoms with E-state index in [2.05, 4.69) is 19.6 Å². The number of thiol groups is 1. The number of likely N-dealkylation sites (N-methyl/N-ethyl adjacent to an activating group) is 1. The van der Waals surface area contributed by atoms with Crippen LogP contribution in [0.25, 0.3) is 0 Å². The number of hydrogen-bond acceptors (Lipinski definition) is 9. The first-order valence-electron chi connectivity index (χ1n) is 14.5. The molecule has 0 saturated heterocycles. The molecule has 39 heavy (non-hydrogen) atoms. The van der Waals surface area contributed by atoms with Gasteiger partial charge in [-0.3, -0.25) is 18.6 Å². The Morgan fingerprint density at radius 2 is 1.38 bits per heavy atom. The van der Waals surface area contributed by atoms with E-state index >= 15 is 0 Å². The number of phosphoric acid groups is 1. The Morgan fingerprint density at radius 1 is 0.872 bits per heavy atom. The second-order valence-corrected chi connectivity index (χ2v) is 13.0. The summed E-state index contributed by atoms with van der Waals surface area (Å²) in [5.74, 6) is -1.15. The number of rotatable bonds is 26. The Hall–Kier alpha value is -0.680. The van der Waals surface area contributed by atoms with Gasteiger partial charge in [0.05, 0.1) is 27.7 Å². The molecule has 0 rings (SSSR count). The number of unbranched alkanes of at least 4 members (excludes halogenated alkanes) is 12. The Kier molecular flexibility index (Phi) is 22.5. The molecule has 12 heteroatoms. The first kappa shape index (κ1) is 38.3. The summed E-state index contributed by atoms with van der Waals surface area (Å²) in [6, 6.07) is -0.987. The smallest absolute Gasteiger partial charge is 0.462 e. The molecule has 0 aromatic carbocycles. The molecule has 0 spiro atoms. The summed E-state index contributed by atoms with van der Waals surface area (Å²) in [5.41, 5.74) is 5.64. The third-order valence-corrected chi connectivity index (χ3v) is 7.51. The fourth-order valence-corrected chi connectivity index (χ4v) is 4.52. The summed E-state index contributed by atoms with van der Waals surface area (Å²) in [4.78, 5) is 34.2. The number of ether oxygens (including phenoxy) is 2. The molecule has 0 heterocycles. The molecule has 0 radical (unpaired) electrons. The second-order valence-electron chi connectivity index (χ2n) is 11.1. The number of nitrogens with two attached hydrogens (primary N) is 1. The molecule has 3 N–H and O–H groups in total. The van der Waals surface area contributed by atoms with Crippen LogP contribution in [0, 0.1) is 0 Å². The lowest BCUT2D eigenvalue weighted by Crippen LogP contribution is -2.39. The Bertz CT molecular complexity index is 693. The summed E-state index contributed by atoms with van der Waals surface area (Å²) in [6.45, 7) is 1.92. The molecule has 0 aromatic rings. The molecule has 0 bridgehead atoms. The van der Waals surface area contributed by atoms with Crippen molar-refractivity contribution in [3.05, 3.63) is 0 Å². The van der Waals surface area contributed by atoms with Crippen LogP contribution in [0.1, 0.15) is 96.8 Å². The van der Waals surface area contributed by atoms with Crippen LogP contribution in [0.2, 0.25) is 0 Å². The van der Waals surface area contributed by atoms with Gasteiger partial charge in [0.15, 0.2) is 6.10 Å². The van der Waals surface area contributed by atoms with Crippen molar-refractivity contribution in [1.29, 1.82) is 0 Å². The van der Waals surface area contributed by atoms with Crippen LogP contribution in [0.3, 0.4) is 0 Å². The highest BCUT2D eigenvalue weighted by molar-refractivity contribution is 7.80. The third kappa shape index (κ3) is 24.8. The lowest BCUT2D eigenvalue weighted by atomic mass is 10.0. The van der Waals surface area contributed by atoms with Gasteiger partial charge in [0.2, 0.25) is 0 Å². The van der Waals surface area contributed by atoms with Crippen LogP contribution < -0.4 is 5.73 Å². The lowest BCUT2D eigenvalue weighted by Gasteiger charge is -2.24. The van der Waals surface area contributed by atoms with Gasteiger partial charge >= 0.3 is 19.8 Å². The molecule has 232 valence electrons. The van der Waals surface area contributed by atoms with Gasteiger partial charge in [-0.15, -0.1) is 0 Å². The molecule has 2 unspecified atom stereocenters. The van der Waals surface area contributed by atoms with Gasteiger partial charge in [-0.25, -0.2) is 4.57 Å². The molecule has 0 aliphatic heterocycles. The highest BCUT2D eigenvalue weighted by atomic mass is 32.1. The highest BCUT2D eigenvalue weighted by Gasteiger charge is 2.28. The van der Waals surface area contributed by atoms with E-state index in [9.17, 15) is 19.0 Å². The molecular formula is C27H56N2O8PS+. The van der Waals surface area contributed by atoms with Crippen molar-refractivity contribution >= 4 is 32.4 Å². The van der Waals surface area contributed by atoms with E-state index in [1.165, 1.54) is 64.2 Å². The normalized spacial score (nSPS) is 14.9. The zero-order valence-corrected chi connectivity index (χ0v) is 26.6. The Labute approximate surface area is 242 Å². The molecule has 3 atom stereocenters. The highest BCUT2D eigenvalue weighted by Crippen LogP contribution is 2.43. The van der Waals surface area contributed by atoms with E-state index in [0.29, 0.717) is 17.4 Å². The molecular weight excluding hydrogens is 543 g/mol. The first-order valence-corrected chi connectivity index (χ1v) is 16.7. The van der Waals surface area contributed by atoms with Crippen molar-refractivity contribution in [2.45, 2.75) is 109 Å². The van der Waals surface area contributed by atoms with Gasteiger partial charge < -0.3 is 24.6 Å². The standard InChI is InChI=1S/C27H55N2O8PS/c1-5-6-7-8-9-10-11-12-13-14-15-16-17-18-26(30)34-21-24(37-27(31)25(28)23-39)22-36-38(32,33)35-20-19-29(2,3)4/h24-25H,5-23,28H2,1-4H3,(H-,32,33,39)/p+1/t24?,25-/m0/s1. The number of phosphoric ester groups is 1.